The summed E-state index contributed by atoms with van der Waals surface area (Å²) in [6, 6.07) is 11.7. The number of amides is 1. The number of anilines is 1. The summed E-state index contributed by atoms with van der Waals surface area (Å²) in [4.78, 5) is 18.1. The zero-order valence-electron chi connectivity index (χ0n) is 15.1. The molecule has 3 heterocycles. The van der Waals surface area contributed by atoms with Gasteiger partial charge in [-0.2, -0.15) is 0 Å². The number of carbonyl (C=O) groups excluding carboxylic acids is 1. The summed E-state index contributed by atoms with van der Waals surface area (Å²) in [6.07, 6.45) is 5.61. The maximum absolute atomic E-state index is 12.8. The number of para-hydroxylation sites is 1. The molecule has 1 N–H and O–H groups in total. The molecule has 6 nitrogen and oxygen atoms in total. The van der Waals surface area contributed by atoms with Gasteiger partial charge < -0.3 is 9.72 Å². The van der Waals surface area contributed by atoms with Crippen LogP contribution in [0.15, 0.2) is 48.8 Å². The first-order valence-electron chi connectivity index (χ1n) is 8.83. The van der Waals surface area contributed by atoms with E-state index in [1.807, 2.05) is 60.1 Å². The molecule has 0 aliphatic heterocycles. The monoisotopic (exact) mass is 377 g/mol. The number of hydrogen-bond acceptors (Lipinski definition) is 5. The van der Waals surface area contributed by atoms with E-state index in [4.69, 9.17) is 4.98 Å². The van der Waals surface area contributed by atoms with Crippen molar-refractivity contribution in [2.75, 3.05) is 5.32 Å². The molecule has 0 atom stereocenters. The Labute approximate surface area is 161 Å². The fraction of sp³-hybridized carbons (Fsp3) is 0.200. The van der Waals surface area contributed by atoms with E-state index in [0.717, 1.165) is 58.2 Å². The number of nitrogens with zero attached hydrogens (tertiary/aromatic N) is 4. The largest absolute Gasteiger partial charge is 0.321 e. The van der Waals surface area contributed by atoms with Crippen LogP contribution >= 0.6 is 11.5 Å². The fourth-order valence-corrected chi connectivity index (χ4v) is 3.66. The minimum Gasteiger partial charge on any atom is -0.321 e. The van der Waals surface area contributed by atoms with E-state index >= 15 is 0 Å². The zero-order valence-corrected chi connectivity index (χ0v) is 16.0. The number of imidazole rings is 1. The van der Waals surface area contributed by atoms with Crippen LogP contribution in [0.1, 0.15) is 34.3 Å². The summed E-state index contributed by atoms with van der Waals surface area (Å²) in [5.74, 6) is -0.180. The Morgan fingerprint density at radius 1 is 1.22 bits per heavy atom. The highest BCUT2D eigenvalue weighted by Gasteiger charge is 2.18. The number of aryl methyl sites for hydroxylation is 2. The highest BCUT2D eigenvalue weighted by Crippen LogP contribution is 2.29. The molecule has 0 spiro atoms. The van der Waals surface area contributed by atoms with Gasteiger partial charge in [-0.1, -0.05) is 42.1 Å². The lowest BCUT2D eigenvalue weighted by Gasteiger charge is -2.09. The van der Waals surface area contributed by atoms with Crippen molar-refractivity contribution in [1.82, 2.24) is 19.0 Å². The Morgan fingerprint density at radius 2 is 2.07 bits per heavy atom. The van der Waals surface area contributed by atoms with Crippen molar-refractivity contribution in [2.24, 2.45) is 0 Å². The summed E-state index contributed by atoms with van der Waals surface area (Å²) < 4.78 is 5.93. The van der Waals surface area contributed by atoms with Gasteiger partial charge in [0.25, 0.3) is 5.91 Å². The standard InChI is InChI=1S/C20H19N5OS/c1-3-7-16-18(27-24-23-16)20(26)22-15-10-5-4-9-14(15)17-12-25-11-6-8-13(2)19(25)21-17/h4-6,8-12H,3,7H2,1-2H3,(H,22,26). The van der Waals surface area contributed by atoms with Crippen molar-refractivity contribution in [3.63, 3.8) is 0 Å². The smallest absolute Gasteiger partial charge is 0.269 e. The minimum absolute atomic E-state index is 0.180. The summed E-state index contributed by atoms with van der Waals surface area (Å²) in [7, 11) is 0. The highest BCUT2D eigenvalue weighted by molar-refractivity contribution is 7.08. The lowest BCUT2D eigenvalue weighted by molar-refractivity contribution is 0.102. The van der Waals surface area contributed by atoms with Crippen molar-refractivity contribution in [3.8, 4) is 11.3 Å². The molecule has 3 aromatic heterocycles. The van der Waals surface area contributed by atoms with Gasteiger partial charge in [0.05, 0.1) is 17.1 Å². The van der Waals surface area contributed by atoms with Gasteiger partial charge in [-0.3, -0.25) is 4.79 Å². The Hall–Kier alpha value is -3.06. The van der Waals surface area contributed by atoms with E-state index in [1.165, 1.54) is 0 Å². The molecule has 0 bridgehead atoms. The molecule has 0 radical (unpaired) electrons. The van der Waals surface area contributed by atoms with Gasteiger partial charge in [0.2, 0.25) is 0 Å². The van der Waals surface area contributed by atoms with Crippen LogP contribution in [0.3, 0.4) is 0 Å². The molecular formula is C20H19N5OS. The van der Waals surface area contributed by atoms with E-state index in [1.54, 1.807) is 0 Å². The van der Waals surface area contributed by atoms with E-state index < -0.39 is 0 Å². The molecule has 4 aromatic rings. The van der Waals surface area contributed by atoms with E-state index in [-0.39, 0.29) is 5.91 Å². The van der Waals surface area contributed by atoms with Crippen LogP contribution in [0.4, 0.5) is 5.69 Å². The first-order chi connectivity index (χ1) is 13.2. The second-order valence-electron chi connectivity index (χ2n) is 6.35. The first-order valence-corrected chi connectivity index (χ1v) is 9.61. The van der Waals surface area contributed by atoms with E-state index in [9.17, 15) is 4.79 Å². The molecule has 136 valence electrons. The number of fused-ring (bicyclic) bond motifs is 1. The molecule has 0 saturated carbocycles. The van der Waals surface area contributed by atoms with Crippen LogP contribution in [0.2, 0.25) is 0 Å². The Morgan fingerprint density at radius 3 is 2.89 bits per heavy atom. The van der Waals surface area contributed by atoms with Gasteiger partial charge in [-0.25, -0.2) is 4.98 Å². The van der Waals surface area contributed by atoms with Crippen molar-refractivity contribution in [2.45, 2.75) is 26.7 Å². The van der Waals surface area contributed by atoms with Crippen LogP contribution in [0, 0.1) is 6.92 Å². The summed E-state index contributed by atoms with van der Waals surface area (Å²) >= 11 is 1.13. The Kier molecular flexibility index (Phi) is 4.68. The normalized spacial score (nSPS) is 11.0. The molecule has 4 rings (SSSR count). The number of benzene rings is 1. The molecule has 1 amide bonds. The molecular weight excluding hydrogens is 358 g/mol. The predicted molar refractivity (Wildman–Crippen MR) is 107 cm³/mol. The maximum atomic E-state index is 12.8. The third-order valence-electron chi connectivity index (χ3n) is 4.38. The number of nitrogens with one attached hydrogen (secondary N) is 1. The minimum atomic E-state index is -0.180. The van der Waals surface area contributed by atoms with Crippen molar-refractivity contribution in [3.05, 3.63) is 64.9 Å². The van der Waals surface area contributed by atoms with E-state index in [0.29, 0.717) is 4.88 Å². The van der Waals surface area contributed by atoms with Gasteiger partial charge in [-0.05, 0) is 42.6 Å². The second-order valence-corrected chi connectivity index (χ2v) is 7.10. The van der Waals surface area contributed by atoms with Gasteiger partial charge in [0.15, 0.2) is 0 Å². The van der Waals surface area contributed by atoms with Gasteiger partial charge >= 0.3 is 0 Å². The van der Waals surface area contributed by atoms with Crippen LogP contribution in [0.25, 0.3) is 16.9 Å². The molecule has 7 heteroatoms. The summed E-state index contributed by atoms with van der Waals surface area (Å²) in [6.45, 7) is 4.09. The Balaban J connectivity index is 1.69. The molecule has 0 aliphatic carbocycles. The lowest BCUT2D eigenvalue weighted by Crippen LogP contribution is -2.13. The number of rotatable bonds is 5. The third kappa shape index (κ3) is 3.33. The van der Waals surface area contributed by atoms with E-state index in [2.05, 4.69) is 21.8 Å². The van der Waals surface area contributed by atoms with Crippen molar-refractivity contribution in [1.29, 1.82) is 0 Å². The number of hydrogen-bond donors (Lipinski definition) is 1. The van der Waals surface area contributed by atoms with Crippen LogP contribution in [0.5, 0.6) is 0 Å². The second kappa shape index (κ2) is 7.28. The van der Waals surface area contributed by atoms with Crippen LogP contribution in [-0.2, 0) is 6.42 Å². The SMILES string of the molecule is CCCc1nnsc1C(=O)Nc1ccccc1-c1cn2cccc(C)c2n1. The fourth-order valence-electron chi connectivity index (χ4n) is 3.06. The molecule has 27 heavy (non-hydrogen) atoms. The topological polar surface area (TPSA) is 72.2 Å². The summed E-state index contributed by atoms with van der Waals surface area (Å²) in [5.41, 5.74) is 5.18. The van der Waals surface area contributed by atoms with Gasteiger partial charge in [0, 0.05) is 18.0 Å². The van der Waals surface area contributed by atoms with Crippen LogP contribution in [-0.4, -0.2) is 24.9 Å². The number of carbonyl (C=O) groups is 1. The van der Waals surface area contributed by atoms with Crippen molar-refractivity contribution >= 4 is 28.8 Å². The van der Waals surface area contributed by atoms with Crippen LogP contribution < -0.4 is 5.32 Å². The highest BCUT2D eigenvalue weighted by atomic mass is 32.1. The molecule has 1 aromatic carbocycles. The third-order valence-corrected chi connectivity index (χ3v) is 5.14. The molecule has 0 fully saturated rings. The molecule has 0 saturated heterocycles. The molecule has 0 unspecified atom stereocenters. The lowest BCUT2D eigenvalue weighted by atomic mass is 10.1. The van der Waals surface area contributed by atoms with Gasteiger partial charge in [-0.15, -0.1) is 5.10 Å². The average Bonchev–Trinajstić information content (AvgIpc) is 3.30. The predicted octanol–water partition coefficient (Wildman–Crippen LogP) is 4.37. The maximum Gasteiger partial charge on any atom is 0.269 e. The summed E-state index contributed by atoms with van der Waals surface area (Å²) in [5, 5.41) is 7.09. The average molecular weight is 377 g/mol. The number of pyridine rings is 1. The van der Waals surface area contributed by atoms with Crippen molar-refractivity contribution < 1.29 is 4.79 Å². The quantitative estimate of drug-likeness (QED) is 0.561. The Bertz CT molecular complexity index is 1110. The van der Waals surface area contributed by atoms with Gasteiger partial charge in [0.1, 0.15) is 10.5 Å². The first kappa shape index (κ1) is 17.4. The molecule has 0 aliphatic rings. The number of aromatic nitrogens is 4. The zero-order chi connectivity index (χ0) is 18.8.